The Bertz CT molecular complexity index is 285. The van der Waals surface area contributed by atoms with Crippen molar-refractivity contribution in [3.05, 3.63) is 11.1 Å². The predicted molar refractivity (Wildman–Crippen MR) is 54.5 cm³/mol. The van der Waals surface area contributed by atoms with Crippen molar-refractivity contribution >= 4 is 29.1 Å². The first-order valence-electron chi connectivity index (χ1n) is 3.92. The van der Waals surface area contributed by atoms with Crippen molar-refractivity contribution in [1.29, 1.82) is 0 Å². The molecule has 0 unspecified atom stereocenters. The van der Waals surface area contributed by atoms with E-state index in [4.69, 9.17) is 5.11 Å². The number of aliphatic carboxylic acids is 1. The van der Waals surface area contributed by atoms with Gasteiger partial charge < -0.3 is 5.11 Å². The maximum atomic E-state index is 10.2. The fourth-order valence-corrected chi connectivity index (χ4v) is 2.23. The third-order valence-electron chi connectivity index (χ3n) is 1.53. The Balaban J connectivity index is 2.32. The van der Waals surface area contributed by atoms with Gasteiger partial charge >= 0.3 is 5.97 Å². The van der Waals surface area contributed by atoms with E-state index in [1.54, 1.807) is 23.1 Å². The molecule has 1 aromatic heterocycles. The lowest BCUT2D eigenvalue weighted by atomic mass is 10.2. The SMILES string of the molecule is CSc1nc(CCCC(=O)O)cs1. The van der Waals surface area contributed by atoms with Crippen molar-refractivity contribution in [2.75, 3.05) is 6.26 Å². The van der Waals surface area contributed by atoms with Gasteiger partial charge in [-0.25, -0.2) is 4.98 Å². The van der Waals surface area contributed by atoms with Crippen LogP contribution in [0, 0.1) is 0 Å². The topological polar surface area (TPSA) is 50.2 Å². The largest absolute Gasteiger partial charge is 0.481 e. The first-order chi connectivity index (χ1) is 6.22. The summed E-state index contributed by atoms with van der Waals surface area (Å²) >= 11 is 3.23. The highest BCUT2D eigenvalue weighted by Gasteiger charge is 2.02. The number of hydrogen-bond donors (Lipinski definition) is 1. The maximum Gasteiger partial charge on any atom is 0.303 e. The highest BCUT2D eigenvalue weighted by molar-refractivity contribution is 8.00. The van der Waals surface area contributed by atoms with Crippen LogP contribution < -0.4 is 0 Å². The van der Waals surface area contributed by atoms with Crippen LogP contribution in [0.2, 0.25) is 0 Å². The fourth-order valence-electron chi connectivity index (χ4n) is 0.918. The van der Waals surface area contributed by atoms with Crippen molar-refractivity contribution in [2.24, 2.45) is 0 Å². The van der Waals surface area contributed by atoms with Crippen LogP contribution in [0.4, 0.5) is 0 Å². The first-order valence-corrected chi connectivity index (χ1v) is 6.03. The number of rotatable bonds is 5. The molecule has 0 fully saturated rings. The zero-order valence-electron chi connectivity index (χ0n) is 7.32. The summed E-state index contributed by atoms with van der Waals surface area (Å²) in [5, 5.41) is 10.4. The molecule has 3 nitrogen and oxygen atoms in total. The summed E-state index contributed by atoms with van der Waals surface area (Å²) in [4.78, 5) is 14.5. The second-order valence-electron chi connectivity index (χ2n) is 2.56. The molecule has 1 rings (SSSR count). The van der Waals surface area contributed by atoms with Gasteiger partial charge in [0.1, 0.15) is 4.34 Å². The Labute approximate surface area is 85.2 Å². The van der Waals surface area contributed by atoms with Crippen molar-refractivity contribution in [2.45, 2.75) is 23.6 Å². The minimum atomic E-state index is -0.736. The van der Waals surface area contributed by atoms with Gasteiger partial charge in [0, 0.05) is 11.8 Å². The molecule has 0 saturated carbocycles. The van der Waals surface area contributed by atoms with E-state index in [0.29, 0.717) is 6.42 Å². The van der Waals surface area contributed by atoms with Gasteiger partial charge in [-0.15, -0.1) is 11.3 Å². The average Bonchev–Trinajstić information content (AvgIpc) is 2.52. The highest BCUT2D eigenvalue weighted by atomic mass is 32.2. The molecule has 0 spiro atoms. The number of thiazole rings is 1. The van der Waals surface area contributed by atoms with Crippen LogP contribution >= 0.6 is 23.1 Å². The third-order valence-corrected chi connectivity index (χ3v) is 3.44. The van der Waals surface area contributed by atoms with Crippen molar-refractivity contribution in [3.8, 4) is 0 Å². The average molecular weight is 217 g/mol. The van der Waals surface area contributed by atoms with Gasteiger partial charge in [-0.05, 0) is 19.1 Å². The number of aryl methyl sites for hydroxylation is 1. The number of carbonyl (C=O) groups is 1. The Kier molecular flexibility index (Phi) is 4.24. The monoisotopic (exact) mass is 217 g/mol. The van der Waals surface area contributed by atoms with Gasteiger partial charge in [-0.1, -0.05) is 11.8 Å². The molecule has 0 atom stereocenters. The summed E-state index contributed by atoms with van der Waals surface area (Å²) in [6.45, 7) is 0. The van der Waals surface area contributed by atoms with E-state index in [-0.39, 0.29) is 6.42 Å². The molecule has 0 aliphatic heterocycles. The molecule has 0 aliphatic rings. The normalized spacial score (nSPS) is 10.2. The molecule has 72 valence electrons. The van der Waals surface area contributed by atoms with Crippen LogP contribution in [0.1, 0.15) is 18.5 Å². The number of nitrogens with zero attached hydrogens (tertiary/aromatic N) is 1. The molecule has 1 N–H and O–H groups in total. The van der Waals surface area contributed by atoms with Gasteiger partial charge in [0.05, 0.1) is 5.69 Å². The van der Waals surface area contributed by atoms with Crippen LogP contribution in [0.5, 0.6) is 0 Å². The van der Waals surface area contributed by atoms with Crippen molar-refractivity contribution in [3.63, 3.8) is 0 Å². The number of hydrogen-bond acceptors (Lipinski definition) is 4. The first kappa shape index (κ1) is 10.5. The Hall–Kier alpha value is -0.550. The molecule has 0 amide bonds. The van der Waals surface area contributed by atoms with E-state index in [1.165, 1.54) is 0 Å². The van der Waals surface area contributed by atoms with E-state index in [9.17, 15) is 4.79 Å². The molecule has 1 heterocycles. The quantitative estimate of drug-likeness (QED) is 0.769. The number of carboxylic acid groups (broad SMARTS) is 1. The Morgan fingerprint density at radius 3 is 3.08 bits per heavy atom. The van der Waals surface area contributed by atoms with Crippen LogP contribution in [-0.4, -0.2) is 22.3 Å². The fraction of sp³-hybridized carbons (Fsp3) is 0.500. The Morgan fingerprint density at radius 1 is 1.77 bits per heavy atom. The summed E-state index contributed by atoms with van der Waals surface area (Å²) in [7, 11) is 0. The van der Waals surface area contributed by atoms with Gasteiger partial charge in [-0.3, -0.25) is 4.79 Å². The van der Waals surface area contributed by atoms with E-state index >= 15 is 0 Å². The molecule has 0 bridgehead atoms. The lowest BCUT2D eigenvalue weighted by Gasteiger charge is -1.92. The molecular formula is C8H11NO2S2. The molecule has 0 saturated heterocycles. The van der Waals surface area contributed by atoms with Crippen LogP contribution in [0.25, 0.3) is 0 Å². The molecular weight excluding hydrogens is 206 g/mol. The second kappa shape index (κ2) is 5.24. The summed E-state index contributed by atoms with van der Waals surface area (Å²) < 4.78 is 1.05. The van der Waals surface area contributed by atoms with Crippen molar-refractivity contribution in [1.82, 2.24) is 4.98 Å². The minimum absolute atomic E-state index is 0.228. The molecule has 1 aromatic rings. The molecule has 5 heteroatoms. The van der Waals surface area contributed by atoms with Crippen LogP contribution in [0.3, 0.4) is 0 Å². The number of aromatic nitrogens is 1. The van der Waals surface area contributed by atoms with Crippen LogP contribution in [-0.2, 0) is 11.2 Å². The summed E-state index contributed by atoms with van der Waals surface area (Å²) in [5.74, 6) is -0.736. The molecule has 13 heavy (non-hydrogen) atoms. The van der Waals surface area contributed by atoms with E-state index < -0.39 is 5.97 Å². The van der Waals surface area contributed by atoms with Crippen molar-refractivity contribution < 1.29 is 9.90 Å². The number of carboxylic acids is 1. The maximum absolute atomic E-state index is 10.2. The zero-order chi connectivity index (χ0) is 9.68. The van der Waals surface area contributed by atoms with Gasteiger partial charge in [0.25, 0.3) is 0 Å². The third kappa shape index (κ3) is 3.78. The molecule has 0 aliphatic carbocycles. The Morgan fingerprint density at radius 2 is 2.54 bits per heavy atom. The summed E-state index contributed by atoms with van der Waals surface area (Å²) in [6.07, 6.45) is 3.65. The van der Waals surface area contributed by atoms with E-state index in [1.807, 2.05) is 11.6 Å². The number of thioether (sulfide) groups is 1. The van der Waals surface area contributed by atoms with Gasteiger partial charge in [0.2, 0.25) is 0 Å². The summed E-state index contributed by atoms with van der Waals surface area (Å²) in [6, 6.07) is 0. The highest BCUT2D eigenvalue weighted by Crippen LogP contribution is 2.20. The van der Waals surface area contributed by atoms with Crippen LogP contribution in [0.15, 0.2) is 9.72 Å². The second-order valence-corrected chi connectivity index (χ2v) is 4.47. The predicted octanol–water partition coefficient (Wildman–Crippen LogP) is 2.27. The lowest BCUT2D eigenvalue weighted by molar-refractivity contribution is -0.137. The molecule has 0 radical (unpaired) electrons. The van der Waals surface area contributed by atoms with Gasteiger partial charge in [0.15, 0.2) is 0 Å². The van der Waals surface area contributed by atoms with E-state index in [0.717, 1.165) is 16.5 Å². The lowest BCUT2D eigenvalue weighted by Crippen LogP contribution is -1.95. The van der Waals surface area contributed by atoms with E-state index in [2.05, 4.69) is 4.98 Å². The standard InChI is InChI=1S/C8H11NO2S2/c1-12-8-9-6(5-13-8)3-2-4-7(10)11/h5H,2-4H2,1H3,(H,10,11). The smallest absolute Gasteiger partial charge is 0.303 e. The zero-order valence-corrected chi connectivity index (χ0v) is 8.95. The van der Waals surface area contributed by atoms with Gasteiger partial charge in [-0.2, -0.15) is 0 Å². The minimum Gasteiger partial charge on any atom is -0.481 e. The summed E-state index contributed by atoms with van der Waals surface area (Å²) in [5.41, 5.74) is 1.01. The molecule has 0 aromatic carbocycles.